The largest absolute Gasteiger partial charge is 0.480 e. The van der Waals surface area contributed by atoms with E-state index in [0.717, 1.165) is 12.8 Å². The Morgan fingerprint density at radius 2 is 1.65 bits per heavy atom. The van der Waals surface area contributed by atoms with Gasteiger partial charge in [0.1, 0.15) is 5.54 Å². The van der Waals surface area contributed by atoms with Crippen LogP contribution >= 0.6 is 0 Å². The molecule has 0 heterocycles. The van der Waals surface area contributed by atoms with E-state index >= 15 is 0 Å². The Hall–Kier alpha value is -1.14. The average molecular weight is 248 g/mol. The van der Waals surface area contributed by atoms with Gasteiger partial charge in [-0.25, -0.2) is 0 Å². The van der Waals surface area contributed by atoms with Gasteiger partial charge in [0.15, 0.2) is 0 Å². The van der Waals surface area contributed by atoms with Crippen LogP contribution in [0.4, 0.5) is 0 Å². The van der Waals surface area contributed by atoms with E-state index in [0.29, 0.717) is 12.8 Å². The summed E-state index contributed by atoms with van der Waals surface area (Å²) >= 11 is 0. The molecule has 17 heavy (non-hydrogen) atoms. The highest BCUT2D eigenvalue weighted by atomic mass is 16.4. The summed E-state index contributed by atoms with van der Waals surface area (Å²) in [6.45, 7) is 4.04. The maximum absolute atomic E-state index is 10.4. The first kappa shape index (κ1) is 18.2. The van der Waals surface area contributed by atoms with Crippen molar-refractivity contribution in [3.05, 3.63) is 0 Å². The van der Waals surface area contributed by atoms with E-state index in [2.05, 4.69) is 5.32 Å². The van der Waals surface area contributed by atoms with Crippen LogP contribution in [-0.2, 0) is 9.59 Å². The molecule has 0 unspecified atom stereocenters. The standard InChI is InChI=1S/C6H11NO2.C3H7NO2.C2H6/c7-6(5(8)9)3-1-2-4-6;1-4-2-3(5)6;1-2/h1-4,7H2,(H,8,9);4H,2H2,1H3,(H,5,6);1-2H3. The van der Waals surface area contributed by atoms with Gasteiger partial charge >= 0.3 is 11.9 Å². The van der Waals surface area contributed by atoms with Gasteiger partial charge in [-0.1, -0.05) is 26.7 Å². The van der Waals surface area contributed by atoms with Crippen molar-refractivity contribution in [1.29, 1.82) is 0 Å². The number of rotatable bonds is 3. The summed E-state index contributed by atoms with van der Waals surface area (Å²) in [5, 5.41) is 18.9. The Labute approximate surface area is 102 Å². The van der Waals surface area contributed by atoms with Gasteiger partial charge in [0.05, 0.1) is 6.54 Å². The van der Waals surface area contributed by atoms with E-state index in [-0.39, 0.29) is 6.54 Å². The van der Waals surface area contributed by atoms with Gasteiger partial charge in [-0.15, -0.1) is 0 Å². The molecule has 0 spiro atoms. The molecule has 1 aliphatic rings. The van der Waals surface area contributed by atoms with Crippen molar-refractivity contribution in [2.24, 2.45) is 5.73 Å². The average Bonchev–Trinajstić information content (AvgIpc) is 2.70. The van der Waals surface area contributed by atoms with Crippen molar-refractivity contribution in [2.75, 3.05) is 13.6 Å². The lowest BCUT2D eigenvalue weighted by molar-refractivity contribution is -0.143. The number of carboxylic acids is 2. The number of carboxylic acid groups (broad SMARTS) is 2. The molecule has 5 N–H and O–H groups in total. The van der Waals surface area contributed by atoms with Crippen LogP contribution in [0.5, 0.6) is 0 Å². The second-order valence-corrected chi connectivity index (χ2v) is 3.59. The molecule has 102 valence electrons. The van der Waals surface area contributed by atoms with Gasteiger partial charge in [-0.2, -0.15) is 0 Å². The summed E-state index contributed by atoms with van der Waals surface area (Å²) in [5.41, 5.74) is 4.61. The maximum atomic E-state index is 10.4. The van der Waals surface area contributed by atoms with E-state index in [4.69, 9.17) is 15.9 Å². The molecule has 0 aromatic rings. The molecule has 0 amide bonds. The summed E-state index contributed by atoms with van der Waals surface area (Å²) < 4.78 is 0. The first-order chi connectivity index (χ1) is 7.92. The van der Waals surface area contributed by atoms with Gasteiger partial charge in [-0.3, -0.25) is 9.59 Å². The minimum absolute atomic E-state index is 0.0417. The molecule has 0 atom stereocenters. The summed E-state index contributed by atoms with van der Waals surface area (Å²) in [4.78, 5) is 19.9. The molecule has 0 radical (unpaired) electrons. The normalized spacial score (nSPS) is 16.0. The number of likely N-dealkylation sites (N-methyl/N-ethyl adjacent to an activating group) is 1. The van der Waals surface area contributed by atoms with E-state index in [1.165, 1.54) is 0 Å². The molecule has 6 nitrogen and oxygen atoms in total. The molecule has 6 heteroatoms. The zero-order valence-electron chi connectivity index (χ0n) is 10.8. The van der Waals surface area contributed by atoms with Gasteiger partial charge in [-0.05, 0) is 19.9 Å². The van der Waals surface area contributed by atoms with Crippen molar-refractivity contribution >= 4 is 11.9 Å². The van der Waals surface area contributed by atoms with Crippen LogP contribution in [0.25, 0.3) is 0 Å². The quantitative estimate of drug-likeness (QED) is 0.583. The Morgan fingerprint density at radius 3 is 1.76 bits per heavy atom. The van der Waals surface area contributed by atoms with Crippen molar-refractivity contribution in [2.45, 2.75) is 45.1 Å². The lowest BCUT2D eigenvalue weighted by Gasteiger charge is -2.15. The van der Waals surface area contributed by atoms with Gasteiger partial charge in [0.2, 0.25) is 0 Å². The lowest BCUT2D eigenvalue weighted by Crippen LogP contribution is -2.44. The minimum Gasteiger partial charge on any atom is -0.480 e. The van der Waals surface area contributed by atoms with Crippen LogP contribution in [0.1, 0.15) is 39.5 Å². The number of hydrogen-bond acceptors (Lipinski definition) is 4. The van der Waals surface area contributed by atoms with Crippen LogP contribution in [-0.4, -0.2) is 41.3 Å². The van der Waals surface area contributed by atoms with Crippen molar-refractivity contribution < 1.29 is 19.8 Å². The zero-order valence-corrected chi connectivity index (χ0v) is 10.8. The molecule has 0 saturated heterocycles. The first-order valence-corrected chi connectivity index (χ1v) is 5.81. The van der Waals surface area contributed by atoms with Crippen LogP contribution in [0.15, 0.2) is 0 Å². The number of hydrogen-bond donors (Lipinski definition) is 4. The van der Waals surface area contributed by atoms with Crippen LogP contribution in [0.3, 0.4) is 0 Å². The predicted octanol–water partition coefficient (Wildman–Crippen LogP) is 0.659. The Kier molecular flexibility index (Phi) is 10.8. The molecule has 0 aromatic carbocycles. The lowest BCUT2D eigenvalue weighted by atomic mass is 10.0. The van der Waals surface area contributed by atoms with Crippen LogP contribution in [0, 0.1) is 0 Å². The fraction of sp³-hybridized carbons (Fsp3) is 0.818. The van der Waals surface area contributed by atoms with E-state index in [9.17, 15) is 9.59 Å². The molecular formula is C11H24N2O4. The summed E-state index contributed by atoms with van der Waals surface area (Å²) in [6, 6.07) is 0. The highest BCUT2D eigenvalue weighted by Crippen LogP contribution is 2.26. The fourth-order valence-corrected chi connectivity index (χ4v) is 1.37. The molecule has 0 aliphatic heterocycles. The van der Waals surface area contributed by atoms with Crippen LogP contribution in [0.2, 0.25) is 0 Å². The topological polar surface area (TPSA) is 113 Å². The maximum Gasteiger partial charge on any atom is 0.323 e. The summed E-state index contributed by atoms with van der Waals surface area (Å²) in [7, 11) is 1.59. The van der Waals surface area contributed by atoms with Gasteiger partial charge < -0.3 is 21.3 Å². The van der Waals surface area contributed by atoms with Crippen molar-refractivity contribution in [1.82, 2.24) is 5.32 Å². The molecule has 1 saturated carbocycles. The second kappa shape index (κ2) is 10.0. The third-order valence-electron chi connectivity index (χ3n) is 2.25. The predicted molar refractivity (Wildman–Crippen MR) is 65.9 cm³/mol. The number of carbonyl (C=O) groups is 2. The highest BCUT2D eigenvalue weighted by molar-refractivity contribution is 5.78. The molecule has 1 rings (SSSR count). The summed E-state index contributed by atoms with van der Waals surface area (Å²) in [5.74, 6) is -1.67. The number of nitrogens with one attached hydrogen (secondary N) is 1. The highest BCUT2D eigenvalue weighted by Gasteiger charge is 2.36. The molecule has 0 aromatic heterocycles. The van der Waals surface area contributed by atoms with Crippen molar-refractivity contribution in [3.8, 4) is 0 Å². The minimum atomic E-state index is -0.889. The molecular weight excluding hydrogens is 224 g/mol. The van der Waals surface area contributed by atoms with Crippen molar-refractivity contribution in [3.63, 3.8) is 0 Å². The first-order valence-electron chi connectivity index (χ1n) is 5.81. The van der Waals surface area contributed by atoms with Gasteiger partial charge in [0.25, 0.3) is 0 Å². The number of nitrogens with two attached hydrogens (primary N) is 1. The second-order valence-electron chi connectivity index (χ2n) is 3.59. The monoisotopic (exact) mass is 248 g/mol. The zero-order chi connectivity index (χ0) is 13.9. The molecule has 0 bridgehead atoms. The molecule has 1 aliphatic carbocycles. The SMILES string of the molecule is CC.CNCC(=O)O.NC1(C(=O)O)CCCC1. The fourth-order valence-electron chi connectivity index (χ4n) is 1.37. The van der Waals surface area contributed by atoms with Gasteiger partial charge in [0, 0.05) is 0 Å². The Bertz CT molecular complexity index is 226. The Balaban J connectivity index is 0. The molecule has 1 fully saturated rings. The van der Waals surface area contributed by atoms with Crippen LogP contribution < -0.4 is 11.1 Å². The smallest absolute Gasteiger partial charge is 0.323 e. The summed E-state index contributed by atoms with van der Waals surface area (Å²) in [6.07, 6.45) is 3.20. The Morgan fingerprint density at radius 1 is 1.24 bits per heavy atom. The number of aliphatic carboxylic acids is 2. The van der Waals surface area contributed by atoms with E-state index in [1.807, 2.05) is 13.8 Å². The third kappa shape index (κ3) is 8.65. The van der Waals surface area contributed by atoms with E-state index in [1.54, 1.807) is 7.05 Å². The third-order valence-corrected chi connectivity index (χ3v) is 2.25. The van der Waals surface area contributed by atoms with E-state index < -0.39 is 17.5 Å².